The zero-order valence-electron chi connectivity index (χ0n) is 11.2. The molecule has 1 aromatic heterocycles. The van der Waals surface area contributed by atoms with Gasteiger partial charge >= 0.3 is 0 Å². The molecule has 1 aliphatic heterocycles. The lowest BCUT2D eigenvalue weighted by Gasteiger charge is -2.32. The monoisotopic (exact) mass is 282 g/mol. The number of nitrogens with zero attached hydrogens (tertiary/aromatic N) is 2. The highest BCUT2D eigenvalue weighted by Crippen LogP contribution is 2.27. The number of rotatable bonds is 3. The lowest BCUT2D eigenvalue weighted by atomic mass is 9.93. The highest BCUT2D eigenvalue weighted by atomic mass is 32.2. The molecular formula is C13H18N2O3S. The van der Waals surface area contributed by atoms with Crippen molar-refractivity contribution in [2.24, 2.45) is 5.92 Å². The summed E-state index contributed by atoms with van der Waals surface area (Å²) in [6.45, 7) is 2.95. The Bertz CT molecular complexity index is 575. The summed E-state index contributed by atoms with van der Waals surface area (Å²) in [6.07, 6.45) is 4.31. The van der Waals surface area contributed by atoms with Gasteiger partial charge in [0.05, 0.1) is 0 Å². The van der Waals surface area contributed by atoms with E-state index in [4.69, 9.17) is 0 Å². The van der Waals surface area contributed by atoms with Crippen LogP contribution < -0.4 is 4.90 Å². The molecule has 2 rings (SSSR count). The van der Waals surface area contributed by atoms with Gasteiger partial charge in [-0.25, -0.2) is 13.4 Å². The van der Waals surface area contributed by atoms with E-state index in [1.54, 1.807) is 25.3 Å². The zero-order chi connectivity index (χ0) is 14.0. The van der Waals surface area contributed by atoms with E-state index in [0.29, 0.717) is 18.9 Å². The van der Waals surface area contributed by atoms with Crippen molar-refractivity contribution in [1.82, 2.24) is 4.98 Å². The molecule has 104 valence electrons. The lowest BCUT2D eigenvalue weighted by molar-refractivity contribution is -0.121. The van der Waals surface area contributed by atoms with Crippen LogP contribution in [0, 0.1) is 5.92 Å². The summed E-state index contributed by atoms with van der Waals surface area (Å²) in [5.74, 6) is 0.817. The predicted octanol–water partition coefficient (Wildman–Crippen LogP) is 1.29. The van der Waals surface area contributed by atoms with Crippen LogP contribution in [-0.2, 0) is 14.6 Å². The van der Waals surface area contributed by atoms with Gasteiger partial charge in [-0.1, -0.05) is 0 Å². The maximum Gasteiger partial charge on any atom is 0.179 e. The van der Waals surface area contributed by atoms with Crippen LogP contribution in [0.5, 0.6) is 0 Å². The van der Waals surface area contributed by atoms with Crippen molar-refractivity contribution in [2.45, 2.75) is 24.7 Å². The van der Waals surface area contributed by atoms with Crippen molar-refractivity contribution in [3.8, 4) is 0 Å². The second kappa shape index (κ2) is 5.28. The van der Waals surface area contributed by atoms with Gasteiger partial charge in [0, 0.05) is 31.5 Å². The standard InChI is InChI=1S/C13H18N2O3S/c1-10(16)11-5-8-15(9-6-11)13-12(19(2,17)18)4-3-7-14-13/h3-4,7,11H,5-6,8-9H2,1-2H3. The van der Waals surface area contributed by atoms with Gasteiger partial charge in [0.15, 0.2) is 9.84 Å². The summed E-state index contributed by atoms with van der Waals surface area (Å²) in [7, 11) is -3.28. The van der Waals surface area contributed by atoms with Crippen molar-refractivity contribution >= 4 is 21.4 Å². The Hall–Kier alpha value is -1.43. The first-order valence-corrected chi connectivity index (χ1v) is 8.19. The number of hydrogen-bond donors (Lipinski definition) is 0. The van der Waals surface area contributed by atoms with E-state index in [2.05, 4.69) is 4.98 Å². The summed E-state index contributed by atoms with van der Waals surface area (Å²) >= 11 is 0. The molecule has 1 aromatic rings. The lowest BCUT2D eigenvalue weighted by Crippen LogP contribution is -2.37. The summed E-state index contributed by atoms with van der Waals surface area (Å²) in [4.78, 5) is 17.8. The smallest absolute Gasteiger partial charge is 0.179 e. The second-order valence-electron chi connectivity index (χ2n) is 4.97. The van der Waals surface area contributed by atoms with Crippen molar-refractivity contribution in [2.75, 3.05) is 24.2 Å². The van der Waals surface area contributed by atoms with Crippen LogP contribution in [-0.4, -0.2) is 38.5 Å². The second-order valence-corrected chi connectivity index (χ2v) is 6.95. The fraction of sp³-hybridized carbons (Fsp3) is 0.538. The molecule has 0 aliphatic carbocycles. The van der Waals surface area contributed by atoms with Crippen LogP contribution in [0.15, 0.2) is 23.2 Å². The maximum absolute atomic E-state index is 11.7. The van der Waals surface area contributed by atoms with E-state index in [1.165, 1.54) is 6.26 Å². The van der Waals surface area contributed by atoms with Crippen molar-refractivity contribution < 1.29 is 13.2 Å². The third-order valence-corrected chi connectivity index (χ3v) is 4.64. The van der Waals surface area contributed by atoms with Crippen LogP contribution in [0.4, 0.5) is 5.82 Å². The number of carbonyl (C=O) groups excluding carboxylic acids is 1. The molecule has 6 heteroatoms. The molecular weight excluding hydrogens is 264 g/mol. The number of anilines is 1. The van der Waals surface area contributed by atoms with E-state index in [0.717, 1.165) is 12.8 Å². The predicted molar refractivity (Wildman–Crippen MR) is 73.0 cm³/mol. The Kier molecular flexibility index (Phi) is 3.89. The average molecular weight is 282 g/mol. The van der Waals surface area contributed by atoms with Gasteiger partial charge in [0.1, 0.15) is 16.5 Å². The van der Waals surface area contributed by atoms with E-state index >= 15 is 0 Å². The number of carbonyl (C=O) groups is 1. The topological polar surface area (TPSA) is 67.3 Å². The van der Waals surface area contributed by atoms with Gasteiger partial charge < -0.3 is 4.90 Å². The highest BCUT2D eigenvalue weighted by molar-refractivity contribution is 7.90. The summed E-state index contributed by atoms with van der Waals surface area (Å²) < 4.78 is 23.5. The van der Waals surface area contributed by atoms with Gasteiger partial charge in [0.25, 0.3) is 0 Å². The zero-order valence-corrected chi connectivity index (χ0v) is 12.0. The normalized spacial score (nSPS) is 17.5. The molecule has 0 radical (unpaired) electrons. The minimum absolute atomic E-state index is 0.0987. The highest BCUT2D eigenvalue weighted by Gasteiger charge is 2.26. The van der Waals surface area contributed by atoms with Crippen molar-refractivity contribution in [1.29, 1.82) is 0 Å². The van der Waals surface area contributed by atoms with Crippen LogP contribution >= 0.6 is 0 Å². The first kappa shape index (κ1) is 14.0. The Morgan fingerprint density at radius 2 is 2.00 bits per heavy atom. The quantitative estimate of drug-likeness (QED) is 0.835. The van der Waals surface area contributed by atoms with E-state index in [9.17, 15) is 13.2 Å². The molecule has 1 aliphatic rings. The van der Waals surface area contributed by atoms with E-state index in [1.807, 2.05) is 4.90 Å². The maximum atomic E-state index is 11.7. The fourth-order valence-corrected chi connectivity index (χ4v) is 3.25. The minimum Gasteiger partial charge on any atom is -0.355 e. The number of Topliss-reactive ketones (excluding diaryl/α,β-unsaturated/α-hetero) is 1. The molecule has 0 aromatic carbocycles. The first-order valence-electron chi connectivity index (χ1n) is 6.30. The van der Waals surface area contributed by atoms with Crippen LogP contribution in [0.25, 0.3) is 0 Å². The SMILES string of the molecule is CC(=O)C1CCN(c2ncccc2S(C)(=O)=O)CC1. The number of ketones is 1. The molecule has 1 fully saturated rings. The largest absolute Gasteiger partial charge is 0.355 e. The van der Waals surface area contributed by atoms with Crippen LogP contribution in [0.3, 0.4) is 0 Å². The third kappa shape index (κ3) is 3.12. The van der Waals surface area contributed by atoms with Crippen molar-refractivity contribution in [3.05, 3.63) is 18.3 Å². The van der Waals surface area contributed by atoms with Gasteiger partial charge in [-0.2, -0.15) is 0 Å². The molecule has 0 N–H and O–H groups in total. The van der Waals surface area contributed by atoms with Gasteiger partial charge in [-0.15, -0.1) is 0 Å². The van der Waals surface area contributed by atoms with Crippen molar-refractivity contribution in [3.63, 3.8) is 0 Å². The molecule has 0 atom stereocenters. The Labute approximate surface area is 113 Å². The minimum atomic E-state index is -3.28. The Morgan fingerprint density at radius 3 is 2.53 bits per heavy atom. The first-order chi connectivity index (χ1) is 8.89. The van der Waals surface area contributed by atoms with E-state index in [-0.39, 0.29) is 16.6 Å². The molecule has 2 heterocycles. The molecule has 0 amide bonds. The van der Waals surface area contributed by atoms with Gasteiger partial charge in [-0.05, 0) is 31.9 Å². The number of hydrogen-bond acceptors (Lipinski definition) is 5. The van der Waals surface area contributed by atoms with Gasteiger partial charge in [-0.3, -0.25) is 4.79 Å². The molecule has 0 saturated carbocycles. The number of sulfone groups is 1. The van der Waals surface area contributed by atoms with Crippen LogP contribution in [0.2, 0.25) is 0 Å². The van der Waals surface area contributed by atoms with Gasteiger partial charge in [0.2, 0.25) is 0 Å². The third-order valence-electron chi connectivity index (χ3n) is 3.52. The average Bonchev–Trinajstić information content (AvgIpc) is 2.38. The molecule has 19 heavy (non-hydrogen) atoms. The number of pyridine rings is 1. The van der Waals surface area contributed by atoms with E-state index < -0.39 is 9.84 Å². The van der Waals surface area contributed by atoms with Crippen LogP contribution in [0.1, 0.15) is 19.8 Å². The molecule has 0 bridgehead atoms. The Balaban J connectivity index is 2.23. The molecule has 0 spiro atoms. The number of aromatic nitrogens is 1. The molecule has 0 unspecified atom stereocenters. The summed E-state index contributed by atoms with van der Waals surface area (Å²) in [6, 6.07) is 3.21. The molecule has 5 nitrogen and oxygen atoms in total. The summed E-state index contributed by atoms with van der Waals surface area (Å²) in [5.41, 5.74) is 0. The Morgan fingerprint density at radius 1 is 1.37 bits per heavy atom. The summed E-state index contributed by atoms with van der Waals surface area (Å²) in [5, 5.41) is 0. The number of piperidine rings is 1. The molecule has 1 saturated heterocycles. The fourth-order valence-electron chi connectivity index (χ4n) is 2.41.